The minimum atomic E-state index is -0.518. The highest BCUT2D eigenvalue weighted by Gasteiger charge is 2.34. The van der Waals surface area contributed by atoms with E-state index in [1.807, 2.05) is 48.5 Å². The second-order valence-electron chi connectivity index (χ2n) is 4.95. The molecule has 3 rings (SSSR count). The normalized spacial score (nSPS) is 16.8. The number of fused-ring (bicyclic) bond motifs is 1. The lowest BCUT2D eigenvalue weighted by atomic mass is 9.93. The summed E-state index contributed by atoms with van der Waals surface area (Å²) in [4.78, 5) is 17.7. The molecule has 0 aliphatic carbocycles. The fourth-order valence-electron chi connectivity index (χ4n) is 2.64. The lowest BCUT2D eigenvalue weighted by molar-refractivity contribution is -0.173. The summed E-state index contributed by atoms with van der Waals surface area (Å²) in [5, 5.41) is 1.28. The fraction of sp³-hybridized carbons (Fsp3) is 0.235. The van der Waals surface area contributed by atoms with Gasteiger partial charge in [0.25, 0.3) is 0 Å². The number of carbonyl (C=O) groups excluding carboxylic acids is 1. The van der Waals surface area contributed by atoms with E-state index in [0.29, 0.717) is 6.61 Å². The molecular formula is C17H17NO4. The van der Waals surface area contributed by atoms with E-state index in [9.17, 15) is 4.79 Å². The first-order chi connectivity index (χ1) is 10.7. The number of nitrogens with zero attached hydrogens (tertiary/aromatic N) is 1. The molecule has 0 radical (unpaired) electrons. The third kappa shape index (κ3) is 2.51. The number of methoxy groups -OCH3 is 2. The Bertz CT molecular complexity index is 672. The molecule has 1 heterocycles. The highest BCUT2D eigenvalue weighted by atomic mass is 16.7. The molecular weight excluding hydrogens is 282 g/mol. The van der Waals surface area contributed by atoms with Crippen LogP contribution in [0.15, 0.2) is 48.5 Å². The van der Waals surface area contributed by atoms with Gasteiger partial charge in [-0.3, -0.25) is 4.84 Å². The van der Waals surface area contributed by atoms with Crippen molar-refractivity contribution in [3.05, 3.63) is 65.2 Å². The zero-order valence-corrected chi connectivity index (χ0v) is 12.5. The molecule has 5 heteroatoms. The molecule has 5 nitrogen and oxygen atoms in total. The molecule has 2 aromatic carbocycles. The Kier molecular flexibility index (Phi) is 3.98. The molecule has 0 bridgehead atoms. The summed E-state index contributed by atoms with van der Waals surface area (Å²) in [6.45, 7) is 0.297. The van der Waals surface area contributed by atoms with E-state index < -0.39 is 6.09 Å². The van der Waals surface area contributed by atoms with Gasteiger partial charge < -0.3 is 9.47 Å². The molecule has 0 saturated heterocycles. The molecule has 22 heavy (non-hydrogen) atoms. The second-order valence-corrected chi connectivity index (χ2v) is 4.95. The molecule has 114 valence electrons. The lowest BCUT2D eigenvalue weighted by Crippen LogP contribution is -2.38. The fourth-order valence-corrected chi connectivity index (χ4v) is 2.64. The van der Waals surface area contributed by atoms with Crippen LogP contribution in [0, 0.1) is 0 Å². The van der Waals surface area contributed by atoms with Crippen molar-refractivity contribution in [3.63, 3.8) is 0 Å². The van der Waals surface area contributed by atoms with Crippen LogP contribution >= 0.6 is 0 Å². The Morgan fingerprint density at radius 3 is 2.64 bits per heavy atom. The Morgan fingerprint density at radius 2 is 1.95 bits per heavy atom. The lowest BCUT2D eigenvalue weighted by Gasteiger charge is -2.35. The number of hydrogen-bond acceptors (Lipinski definition) is 4. The zero-order valence-electron chi connectivity index (χ0n) is 12.5. The molecule has 0 spiro atoms. The van der Waals surface area contributed by atoms with Gasteiger partial charge >= 0.3 is 6.09 Å². The van der Waals surface area contributed by atoms with Gasteiger partial charge in [-0.25, -0.2) is 4.79 Å². The summed E-state index contributed by atoms with van der Waals surface area (Å²) < 4.78 is 10.1. The molecule has 1 unspecified atom stereocenters. The summed E-state index contributed by atoms with van der Waals surface area (Å²) in [5.74, 6) is 0.765. The van der Waals surface area contributed by atoms with Crippen molar-refractivity contribution in [1.29, 1.82) is 0 Å². The predicted octanol–water partition coefficient (Wildman–Crippen LogP) is 3.30. The van der Waals surface area contributed by atoms with Gasteiger partial charge in [0.1, 0.15) is 18.4 Å². The second kappa shape index (κ2) is 6.07. The number of ether oxygens (including phenoxy) is 2. The van der Waals surface area contributed by atoms with Crippen molar-refractivity contribution < 1.29 is 19.1 Å². The number of hydrogen-bond donors (Lipinski definition) is 0. The molecule has 2 aromatic rings. The van der Waals surface area contributed by atoms with Crippen LogP contribution in [0.1, 0.15) is 22.7 Å². The zero-order chi connectivity index (χ0) is 15.5. The quantitative estimate of drug-likeness (QED) is 0.853. The van der Waals surface area contributed by atoms with Crippen LogP contribution in [0.5, 0.6) is 5.75 Å². The molecule has 0 N–H and O–H groups in total. The van der Waals surface area contributed by atoms with Gasteiger partial charge in [0.2, 0.25) is 0 Å². The number of benzene rings is 2. The smallest absolute Gasteiger partial charge is 0.434 e. The van der Waals surface area contributed by atoms with E-state index >= 15 is 0 Å². The van der Waals surface area contributed by atoms with E-state index in [1.165, 1.54) is 12.2 Å². The maximum absolute atomic E-state index is 12.0. The van der Waals surface area contributed by atoms with Crippen LogP contribution in [0.2, 0.25) is 0 Å². The standard InChI is InChI=1S/C17H17NO4/c1-20-14-8-9-15-13(10-14)11-22-18(17(19)21-2)16(15)12-6-4-3-5-7-12/h3-10,16H,11H2,1-2H3. The molecule has 1 aliphatic heterocycles. The van der Waals surface area contributed by atoms with E-state index in [-0.39, 0.29) is 6.04 Å². The first kappa shape index (κ1) is 14.4. The Balaban J connectivity index is 2.09. The largest absolute Gasteiger partial charge is 0.497 e. The monoisotopic (exact) mass is 299 g/mol. The van der Waals surface area contributed by atoms with Crippen LogP contribution in [0.25, 0.3) is 0 Å². The Labute approximate surface area is 129 Å². The van der Waals surface area contributed by atoms with Crippen LogP contribution in [0.4, 0.5) is 4.79 Å². The number of carbonyl (C=O) groups is 1. The van der Waals surface area contributed by atoms with Crippen molar-refractivity contribution in [2.45, 2.75) is 12.6 Å². The van der Waals surface area contributed by atoms with Gasteiger partial charge in [-0.2, -0.15) is 5.06 Å². The molecule has 0 fully saturated rings. The maximum Gasteiger partial charge on any atom is 0.434 e. The van der Waals surface area contributed by atoms with Crippen LogP contribution in [-0.2, 0) is 16.2 Å². The molecule has 1 amide bonds. The summed E-state index contributed by atoms with van der Waals surface area (Å²) in [5.41, 5.74) is 2.95. The summed E-state index contributed by atoms with van der Waals surface area (Å²) >= 11 is 0. The third-order valence-electron chi connectivity index (χ3n) is 3.71. The van der Waals surface area contributed by atoms with Crippen LogP contribution in [-0.4, -0.2) is 25.4 Å². The first-order valence-corrected chi connectivity index (χ1v) is 6.96. The van der Waals surface area contributed by atoms with Gasteiger partial charge in [-0.1, -0.05) is 36.4 Å². The van der Waals surface area contributed by atoms with Crippen molar-refractivity contribution in [1.82, 2.24) is 5.06 Å². The van der Waals surface area contributed by atoms with Gasteiger partial charge in [-0.05, 0) is 28.8 Å². The molecule has 0 aromatic heterocycles. The summed E-state index contributed by atoms with van der Waals surface area (Å²) in [6.07, 6.45) is -0.518. The topological polar surface area (TPSA) is 48.0 Å². The average molecular weight is 299 g/mol. The van der Waals surface area contributed by atoms with Crippen molar-refractivity contribution >= 4 is 6.09 Å². The Hall–Kier alpha value is -2.53. The highest BCUT2D eigenvalue weighted by Crippen LogP contribution is 2.37. The van der Waals surface area contributed by atoms with Crippen molar-refractivity contribution in [3.8, 4) is 5.75 Å². The number of amides is 1. The molecule has 0 saturated carbocycles. The van der Waals surface area contributed by atoms with E-state index in [2.05, 4.69) is 0 Å². The van der Waals surface area contributed by atoms with Gasteiger partial charge in [-0.15, -0.1) is 0 Å². The van der Waals surface area contributed by atoms with Crippen molar-refractivity contribution in [2.75, 3.05) is 14.2 Å². The van der Waals surface area contributed by atoms with E-state index in [4.69, 9.17) is 14.3 Å². The van der Waals surface area contributed by atoms with E-state index in [0.717, 1.165) is 22.4 Å². The minimum Gasteiger partial charge on any atom is -0.497 e. The van der Waals surface area contributed by atoms with Crippen LogP contribution in [0.3, 0.4) is 0 Å². The summed E-state index contributed by atoms with van der Waals surface area (Å²) in [7, 11) is 2.97. The first-order valence-electron chi connectivity index (χ1n) is 6.96. The minimum absolute atomic E-state index is 0.297. The van der Waals surface area contributed by atoms with Crippen molar-refractivity contribution in [2.24, 2.45) is 0 Å². The van der Waals surface area contributed by atoms with E-state index in [1.54, 1.807) is 7.11 Å². The van der Waals surface area contributed by atoms with Crippen LogP contribution < -0.4 is 4.74 Å². The predicted molar refractivity (Wildman–Crippen MR) is 80.3 cm³/mol. The Morgan fingerprint density at radius 1 is 1.18 bits per heavy atom. The SMILES string of the molecule is COC(=O)N1OCc2cc(OC)ccc2C1c1ccccc1. The average Bonchev–Trinajstić information content (AvgIpc) is 2.60. The van der Waals surface area contributed by atoms with Gasteiger partial charge in [0.15, 0.2) is 0 Å². The van der Waals surface area contributed by atoms with Gasteiger partial charge in [0, 0.05) is 0 Å². The number of rotatable bonds is 2. The maximum atomic E-state index is 12.0. The van der Waals surface area contributed by atoms with Gasteiger partial charge in [0.05, 0.1) is 14.2 Å². The highest BCUT2D eigenvalue weighted by molar-refractivity contribution is 5.68. The summed E-state index contributed by atoms with van der Waals surface area (Å²) in [6, 6.07) is 15.2. The third-order valence-corrected chi connectivity index (χ3v) is 3.71. The molecule has 1 aliphatic rings. The molecule has 1 atom stereocenters. The number of hydroxylamine groups is 2.